The number of aromatic nitrogens is 2. The zero-order chi connectivity index (χ0) is 22.4. The van der Waals surface area contributed by atoms with Gasteiger partial charge in [0.1, 0.15) is 17.1 Å². The van der Waals surface area contributed by atoms with Crippen LogP contribution in [0.25, 0.3) is 22.4 Å². The van der Waals surface area contributed by atoms with E-state index in [2.05, 4.69) is 9.97 Å². The summed E-state index contributed by atoms with van der Waals surface area (Å²) >= 11 is 0. The number of aromatic hydroxyl groups is 1. The Morgan fingerprint density at radius 1 is 1.23 bits per heavy atom. The van der Waals surface area contributed by atoms with Crippen LogP contribution in [-0.4, -0.2) is 34.0 Å². The lowest BCUT2D eigenvalue weighted by atomic mass is 9.84. The number of nitrogens with zero attached hydrogens (tertiary/aromatic N) is 1. The van der Waals surface area contributed by atoms with E-state index in [1.54, 1.807) is 13.0 Å². The summed E-state index contributed by atoms with van der Waals surface area (Å²) in [7, 11) is -6.07. The second-order valence-electron chi connectivity index (χ2n) is 8.42. The van der Waals surface area contributed by atoms with Gasteiger partial charge in [0.25, 0.3) is 0 Å². The highest BCUT2D eigenvalue weighted by atomic mass is 32.2. The van der Waals surface area contributed by atoms with Crippen LogP contribution in [0.5, 0.6) is 5.75 Å². The van der Waals surface area contributed by atoms with Crippen LogP contribution in [0.1, 0.15) is 37.5 Å². The molecule has 4 rings (SSSR count). The third-order valence-corrected chi connectivity index (χ3v) is 8.24. The minimum atomic E-state index is -4.70. The van der Waals surface area contributed by atoms with Crippen LogP contribution in [0.15, 0.2) is 28.0 Å². The van der Waals surface area contributed by atoms with E-state index < -0.39 is 41.8 Å². The molecule has 6 nitrogen and oxygen atoms in total. The molecule has 1 aliphatic rings. The van der Waals surface area contributed by atoms with Crippen molar-refractivity contribution >= 4 is 31.7 Å². The zero-order valence-corrected chi connectivity index (χ0v) is 18.6. The van der Waals surface area contributed by atoms with Crippen molar-refractivity contribution in [2.75, 3.05) is 6.26 Å². The Balaban J connectivity index is 2.06. The number of nitrogens with one attached hydrogen (secondary N) is 1. The van der Waals surface area contributed by atoms with E-state index >= 15 is 0 Å². The minimum absolute atomic E-state index is 0.0912. The van der Waals surface area contributed by atoms with Gasteiger partial charge in [0.2, 0.25) is 9.84 Å². The third-order valence-electron chi connectivity index (χ3n) is 5.40. The number of hydrogen-bond acceptors (Lipinski definition) is 5. The van der Waals surface area contributed by atoms with Crippen LogP contribution in [0.4, 0.5) is 8.78 Å². The van der Waals surface area contributed by atoms with Crippen molar-refractivity contribution in [3.63, 3.8) is 0 Å². The van der Waals surface area contributed by atoms with E-state index in [1.807, 2.05) is 20.8 Å². The topological polar surface area (TPSA) is 100 Å². The molecule has 160 valence electrons. The van der Waals surface area contributed by atoms with Crippen LogP contribution in [0.2, 0.25) is 0 Å². The van der Waals surface area contributed by atoms with Crippen molar-refractivity contribution in [3.8, 4) is 17.1 Å². The molecular weight excluding hydrogens is 434 g/mol. The van der Waals surface area contributed by atoms with Gasteiger partial charge in [0.05, 0.1) is 32.3 Å². The van der Waals surface area contributed by atoms with Crippen LogP contribution in [0.3, 0.4) is 0 Å². The summed E-state index contributed by atoms with van der Waals surface area (Å²) in [6.45, 7) is 7.32. The normalized spacial score (nSPS) is 18.1. The Kier molecular flexibility index (Phi) is 4.26. The number of aromatic amines is 1. The monoisotopic (exact) mass is 454 g/mol. The molecule has 0 bridgehead atoms. The molecule has 1 aliphatic heterocycles. The van der Waals surface area contributed by atoms with Crippen molar-refractivity contribution in [1.29, 1.82) is 0 Å². The average Bonchev–Trinajstić information content (AvgIpc) is 3.02. The number of H-pyrrole nitrogens is 1. The SMILES string of the molecule is Cc1c(S(C)=O)cc(C(C)(C)C)c(O)c1-c1nc2c3c(ccc2[nH]1)S(=O)(=O)C3(F)F. The molecular formula is C20H20F2N2O4S2. The van der Waals surface area contributed by atoms with Crippen LogP contribution >= 0.6 is 0 Å². The molecule has 10 heteroatoms. The molecule has 2 heterocycles. The fourth-order valence-electron chi connectivity index (χ4n) is 3.81. The number of phenols is 1. The highest BCUT2D eigenvalue weighted by Crippen LogP contribution is 2.54. The number of hydrogen-bond donors (Lipinski definition) is 2. The molecule has 2 aromatic carbocycles. The van der Waals surface area contributed by atoms with Crippen LogP contribution < -0.4 is 0 Å². The molecule has 2 N–H and O–H groups in total. The fourth-order valence-corrected chi connectivity index (χ4v) is 5.97. The first kappa shape index (κ1) is 20.9. The summed E-state index contributed by atoms with van der Waals surface area (Å²) in [6.07, 6.45) is 1.52. The average molecular weight is 455 g/mol. The molecule has 0 saturated heterocycles. The number of phenolic OH excluding ortho intramolecular Hbond substituents is 1. The van der Waals surface area contributed by atoms with Crippen LogP contribution in [0, 0.1) is 6.92 Å². The summed E-state index contributed by atoms with van der Waals surface area (Å²) < 4.78 is 64.5. The van der Waals surface area contributed by atoms with Crippen molar-refractivity contribution in [1.82, 2.24) is 9.97 Å². The molecule has 1 aromatic heterocycles. The number of alkyl halides is 2. The number of rotatable bonds is 2. The molecule has 1 unspecified atom stereocenters. The second-order valence-corrected chi connectivity index (χ2v) is 11.7. The maximum absolute atomic E-state index is 14.3. The lowest BCUT2D eigenvalue weighted by Gasteiger charge is -2.29. The van der Waals surface area contributed by atoms with Gasteiger partial charge in [0.15, 0.2) is 0 Å². The molecule has 0 fully saturated rings. The number of sulfone groups is 1. The summed E-state index contributed by atoms with van der Waals surface area (Å²) in [6, 6.07) is 4.17. The Morgan fingerprint density at radius 3 is 2.43 bits per heavy atom. The molecule has 0 aliphatic carbocycles. The maximum atomic E-state index is 14.3. The Hall–Kier alpha value is -2.33. The van der Waals surface area contributed by atoms with Gasteiger partial charge in [-0.1, -0.05) is 20.8 Å². The Bertz CT molecular complexity index is 1370. The van der Waals surface area contributed by atoms with Crippen molar-refractivity contribution in [2.45, 2.75) is 48.2 Å². The van der Waals surface area contributed by atoms with E-state index in [4.69, 9.17) is 0 Å². The van der Waals surface area contributed by atoms with Gasteiger partial charge in [0, 0.05) is 16.7 Å². The van der Waals surface area contributed by atoms with Gasteiger partial charge in [-0.25, -0.2) is 13.4 Å². The van der Waals surface area contributed by atoms with Crippen molar-refractivity contribution in [2.24, 2.45) is 0 Å². The van der Waals surface area contributed by atoms with Crippen molar-refractivity contribution < 1.29 is 26.5 Å². The third kappa shape index (κ3) is 2.59. The number of benzene rings is 2. The second kappa shape index (κ2) is 6.10. The molecule has 0 spiro atoms. The highest BCUT2D eigenvalue weighted by Gasteiger charge is 2.61. The van der Waals surface area contributed by atoms with Gasteiger partial charge in [-0.05, 0) is 36.1 Å². The van der Waals surface area contributed by atoms with Gasteiger partial charge < -0.3 is 10.1 Å². The first-order chi connectivity index (χ1) is 13.7. The summed E-state index contributed by atoms with van der Waals surface area (Å²) in [5, 5.41) is 6.99. The fraction of sp³-hybridized carbons (Fsp3) is 0.350. The molecule has 30 heavy (non-hydrogen) atoms. The van der Waals surface area contributed by atoms with Gasteiger partial charge in [-0.15, -0.1) is 0 Å². The molecule has 1 atom stereocenters. The molecule has 0 saturated carbocycles. The summed E-state index contributed by atoms with van der Waals surface area (Å²) in [5.41, 5.74) is 0.207. The number of imidazole rings is 1. The van der Waals surface area contributed by atoms with Gasteiger partial charge in [-0.2, -0.15) is 8.78 Å². The molecule has 3 aromatic rings. The molecule has 0 radical (unpaired) electrons. The zero-order valence-electron chi connectivity index (χ0n) is 16.9. The predicted octanol–water partition coefficient (Wildman–Crippen LogP) is 4.12. The maximum Gasteiger partial charge on any atom is 0.378 e. The van der Waals surface area contributed by atoms with Crippen molar-refractivity contribution in [3.05, 3.63) is 34.9 Å². The number of halogens is 2. The lowest BCUT2D eigenvalue weighted by Crippen LogP contribution is -2.38. The number of fused-ring (bicyclic) bond motifs is 3. The standard InChI is InChI=1S/C20H20F2N2O4S2/c1-9-12(29(5)26)8-10(19(2,3)4)17(25)14(9)18-23-11-6-7-13-15(16(11)24-18)20(21,22)30(13,27)28/h6-8,25H,1-5H3,(H,23,24). The highest BCUT2D eigenvalue weighted by molar-refractivity contribution is 7.93. The molecule has 0 amide bonds. The van der Waals surface area contributed by atoms with E-state index in [9.17, 15) is 26.5 Å². The van der Waals surface area contributed by atoms with E-state index in [0.29, 0.717) is 16.0 Å². The first-order valence-electron chi connectivity index (χ1n) is 9.06. The van der Waals surface area contributed by atoms with E-state index in [-0.39, 0.29) is 28.2 Å². The smallest absolute Gasteiger partial charge is 0.378 e. The van der Waals surface area contributed by atoms with Gasteiger partial charge in [-0.3, -0.25) is 4.21 Å². The van der Waals surface area contributed by atoms with E-state index in [0.717, 1.165) is 6.07 Å². The largest absolute Gasteiger partial charge is 0.507 e. The van der Waals surface area contributed by atoms with Crippen LogP contribution in [-0.2, 0) is 31.3 Å². The Labute approximate surface area is 174 Å². The first-order valence-corrected chi connectivity index (χ1v) is 12.1. The minimum Gasteiger partial charge on any atom is -0.507 e. The predicted molar refractivity (Wildman–Crippen MR) is 110 cm³/mol. The quantitative estimate of drug-likeness (QED) is 0.607. The summed E-state index contributed by atoms with van der Waals surface area (Å²) in [4.78, 5) is 7.20. The lowest BCUT2D eigenvalue weighted by molar-refractivity contribution is 0.0755. The summed E-state index contributed by atoms with van der Waals surface area (Å²) in [5.74, 6) is 0.0118. The van der Waals surface area contributed by atoms with E-state index in [1.165, 1.54) is 12.3 Å². The Morgan fingerprint density at radius 2 is 1.87 bits per heavy atom. The van der Waals surface area contributed by atoms with Gasteiger partial charge >= 0.3 is 5.25 Å².